The second kappa shape index (κ2) is 10.8. The van der Waals surface area contributed by atoms with Crippen LogP contribution in [0.25, 0.3) is 0 Å². The number of hydrogen-bond acceptors (Lipinski definition) is 2. The van der Waals surface area contributed by atoms with Gasteiger partial charge in [-0.15, -0.1) is 24.0 Å². The smallest absolute Gasteiger partial charge is 0.191 e. The van der Waals surface area contributed by atoms with E-state index in [4.69, 9.17) is 4.74 Å². The van der Waals surface area contributed by atoms with Crippen LogP contribution in [0.4, 0.5) is 0 Å². The van der Waals surface area contributed by atoms with E-state index < -0.39 is 0 Å². The van der Waals surface area contributed by atoms with Crippen LogP contribution in [0.15, 0.2) is 23.2 Å². The van der Waals surface area contributed by atoms with Gasteiger partial charge in [-0.3, -0.25) is 4.99 Å². The summed E-state index contributed by atoms with van der Waals surface area (Å²) in [6.07, 6.45) is 2.32. The molecule has 0 heterocycles. The minimum Gasteiger partial charge on any atom is -0.496 e. The van der Waals surface area contributed by atoms with E-state index in [0.29, 0.717) is 6.54 Å². The molecule has 0 aliphatic rings. The van der Waals surface area contributed by atoms with Gasteiger partial charge in [-0.1, -0.05) is 25.5 Å². The Hall–Kier alpha value is -0.980. The fourth-order valence-corrected chi connectivity index (χ4v) is 1.78. The van der Waals surface area contributed by atoms with Crippen LogP contribution in [-0.4, -0.2) is 26.7 Å². The van der Waals surface area contributed by atoms with Gasteiger partial charge < -0.3 is 15.4 Å². The van der Waals surface area contributed by atoms with Gasteiger partial charge in [0.05, 0.1) is 7.11 Å². The molecule has 1 rings (SSSR count). The zero-order chi connectivity index (χ0) is 14.1. The van der Waals surface area contributed by atoms with E-state index in [1.807, 2.05) is 6.07 Å². The van der Waals surface area contributed by atoms with Crippen LogP contribution in [0, 0.1) is 6.92 Å². The van der Waals surface area contributed by atoms with Crippen molar-refractivity contribution in [2.24, 2.45) is 4.99 Å². The third-order valence-electron chi connectivity index (χ3n) is 2.94. The van der Waals surface area contributed by atoms with Gasteiger partial charge in [-0.2, -0.15) is 0 Å². The van der Waals surface area contributed by atoms with Crippen molar-refractivity contribution in [3.63, 3.8) is 0 Å². The molecule has 0 spiro atoms. The molecule has 0 aliphatic carbocycles. The van der Waals surface area contributed by atoms with Crippen molar-refractivity contribution in [3.05, 3.63) is 29.3 Å². The molecule has 0 saturated carbocycles. The summed E-state index contributed by atoms with van der Waals surface area (Å²) >= 11 is 0. The molecule has 0 atom stereocenters. The Morgan fingerprint density at radius 2 is 2.05 bits per heavy atom. The molecule has 2 N–H and O–H groups in total. The van der Waals surface area contributed by atoms with Crippen molar-refractivity contribution in [3.8, 4) is 5.75 Å². The fourth-order valence-electron chi connectivity index (χ4n) is 1.78. The lowest BCUT2D eigenvalue weighted by atomic mass is 10.1. The van der Waals surface area contributed by atoms with Crippen LogP contribution < -0.4 is 15.4 Å². The number of methoxy groups -OCH3 is 1. The third kappa shape index (κ3) is 6.45. The molecule has 114 valence electrons. The Bertz CT molecular complexity index is 422. The zero-order valence-electron chi connectivity index (χ0n) is 12.8. The second-order valence-electron chi connectivity index (χ2n) is 4.52. The van der Waals surface area contributed by atoms with E-state index in [1.54, 1.807) is 14.2 Å². The Labute approximate surface area is 139 Å². The monoisotopic (exact) mass is 391 g/mol. The first-order valence-corrected chi connectivity index (χ1v) is 6.79. The van der Waals surface area contributed by atoms with E-state index in [-0.39, 0.29) is 24.0 Å². The first kappa shape index (κ1) is 19.0. The lowest BCUT2D eigenvalue weighted by Crippen LogP contribution is -2.37. The molecule has 0 aromatic heterocycles. The maximum atomic E-state index is 5.39. The Morgan fingerprint density at radius 3 is 2.65 bits per heavy atom. The van der Waals surface area contributed by atoms with Gasteiger partial charge in [0.1, 0.15) is 5.75 Å². The predicted molar refractivity (Wildman–Crippen MR) is 96.3 cm³/mol. The number of nitrogens with one attached hydrogen (secondary N) is 2. The Balaban J connectivity index is 0.00000361. The summed E-state index contributed by atoms with van der Waals surface area (Å²) in [5.41, 5.74) is 2.33. The van der Waals surface area contributed by atoms with Crippen LogP contribution in [0.1, 0.15) is 30.9 Å². The van der Waals surface area contributed by atoms with Gasteiger partial charge in [-0.25, -0.2) is 0 Å². The van der Waals surface area contributed by atoms with Crippen LogP contribution >= 0.6 is 24.0 Å². The Kier molecular flexibility index (Phi) is 10.2. The molecule has 0 radical (unpaired) electrons. The normalized spacial score (nSPS) is 10.7. The zero-order valence-corrected chi connectivity index (χ0v) is 15.2. The number of halogens is 1. The first-order valence-electron chi connectivity index (χ1n) is 6.79. The first-order chi connectivity index (χ1) is 9.21. The number of hydrogen-bond donors (Lipinski definition) is 2. The molecule has 0 fully saturated rings. The highest BCUT2D eigenvalue weighted by Gasteiger charge is 2.04. The van der Waals surface area contributed by atoms with Crippen molar-refractivity contribution in [1.29, 1.82) is 0 Å². The van der Waals surface area contributed by atoms with Crippen molar-refractivity contribution < 1.29 is 4.74 Å². The molecule has 0 aliphatic heterocycles. The summed E-state index contributed by atoms with van der Waals surface area (Å²) in [6.45, 7) is 5.89. The lowest BCUT2D eigenvalue weighted by molar-refractivity contribution is 0.408. The lowest BCUT2D eigenvalue weighted by Gasteiger charge is -2.14. The number of unbranched alkanes of at least 4 members (excludes halogenated alkanes) is 1. The molecule has 0 saturated heterocycles. The van der Waals surface area contributed by atoms with Crippen molar-refractivity contribution in [2.75, 3.05) is 20.7 Å². The number of aliphatic imine (C=N–C) groups is 1. The minimum atomic E-state index is 0. The molecule has 4 nitrogen and oxygen atoms in total. The highest BCUT2D eigenvalue weighted by molar-refractivity contribution is 14.0. The van der Waals surface area contributed by atoms with Crippen LogP contribution in [-0.2, 0) is 6.54 Å². The number of benzene rings is 1. The summed E-state index contributed by atoms with van der Waals surface area (Å²) in [6, 6.07) is 6.22. The molecular weight excluding hydrogens is 365 g/mol. The predicted octanol–water partition coefficient (Wildman–Crippen LogP) is 3.09. The molecule has 1 aromatic carbocycles. The van der Waals surface area contributed by atoms with E-state index >= 15 is 0 Å². The summed E-state index contributed by atoms with van der Waals surface area (Å²) < 4.78 is 5.39. The van der Waals surface area contributed by atoms with E-state index in [9.17, 15) is 0 Å². The average Bonchev–Trinajstić information content (AvgIpc) is 2.43. The molecule has 5 heteroatoms. The summed E-state index contributed by atoms with van der Waals surface area (Å²) in [5, 5.41) is 6.59. The van der Waals surface area contributed by atoms with E-state index in [0.717, 1.165) is 30.2 Å². The standard InChI is InChI=1S/C15H25N3O.HI/c1-5-6-9-17-15(16-3)18-11-13-8-7-12(2)10-14(13)19-4;/h7-8,10H,5-6,9,11H2,1-4H3,(H2,16,17,18);1H. The maximum absolute atomic E-state index is 5.39. The highest BCUT2D eigenvalue weighted by atomic mass is 127. The quantitative estimate of drug-likeness (QED) is 0.339. The fraction of sp³-hybridized carbons (Fsp3) is 0.533. The topological polar surface area (TPSA) is 45.7 Å². The number of nitrogens with zero attached hydrogens (tertiary/aromatic N) is 1. The van der Waals surface area contributed by atoms with Crippen LogP contribution in [0.2, 0.25) is 0 Å². The number of guanidine groups is 1. The van der Waals surface area contributed by atoms with Gasteiger partial charge in [0.15, 0.2) is 5.96 Å². The molecule has 1 aromatic rings. The number of rotatable bonds is 6. The molecule has 0 unspecified atom stereocenters. The van der Waals surface area contributed by atoms with Crippen LogP contribution in [0.3, 0.4) is 0 Å². The van der Waals surface area contributed by atoms with Crippen molar-refractivity contribution >= 4 is 29.9 Å². The average molecular weight is 391 g/mol. The highest BCUT2D eigenvalue weighted by Crippen LogP contribution is 2.19. The summed E-state index contributed by atoms with van der Waals surface area (Å²) in [4.78, 5) is 4.20. The van der Waals surface area contributed by atoms with Gasteiger partial charge in [0, 0.05) is 25.7 Å². The molecule has 0 amide bonds. The van der Waals surface area contributed by atoms with Crippen molar-refractivity contribution in [1.82, 2.24) is 10.6 Å². The van der Waals surface area contributed by atoms with Crippen molar-refractivity contribution in [2.45, 2.75) is 33.2 Å². The molecular formula is C15H26IN3O. The number of ether oxygens (including phenoxy) is 1. The van der Waals surface area contributed by atoms with E-state index in [1.165, 1.54) is 12.0 Å². The van der Waals surface area contributed by atoms with Crippen LogP contribution in [0.5, 0.6) is 5.75 Å². The van der Waals surface area contributed by atoms with E-state index in [2.05, 4.69) is 41.6 Å². The van der Waals surface area contributed by atoms with Gasteiger partial charge >= 0.3 is 0 Å². The van der Waals surface area contributed by atoms with Gasteiger partial charge in [-0.05, 0) is 25.0 Å². The summed E-state index contributed by atoms with van der Waals surface area (Å²) in [5.74, 6) is 1.74. The van der Waals surface area contributed by atoms with Gasteiger partial charge in [0.25, 0.3) is 0 Å². The maximum Gasteiger partial charge on any atom is 0.191 e. The SMILES string of the molecule is CCCCNC(=NC)NCc1ccc(C)cc1OC.I. The number of aryl methyl sites for hydroxylation is 1. The Morgan fingerprint density at radius 1 is 1.30 bits per heavy atom. The minimum absolute atomic E-state index is 0. The largest absolute Gasteiger partial charge is 0.496 e. The molecule has 20 heavy (non-hydrogen) atoms. The third-order valence-corrected chi connectivity index (χ3v) is 2.94. The summed E-state index contributed by atoms with van der Waals surface area (Å²) in [7, 11) is 3.49. The van der Waals surface area contributed by atoms with Gasteiger partial charge in [0.2, 0.25) is 0 Å². The second-order valence-corrected chi connectivity index (χ2v) is 4.52. The molecule has 0 bridgehead atoms.